The number of rotatable bonds is 4. The van der Waals surface area contributed by atoms with Crippen molar-refractivity contribution in [1.29, 1.82) is 0 Å². The first-order chi connectivity index (χ1) is 8.10. The molecular weight excluding hydrogens is 220 g/mol. The predicted octanol–water partition coefficient (Wildman–Crippen LogP) is 2.74. The van der Waals surface area contributed by atoms with E-state index in [0.717, 1.165) is 5.56 Å². The van der Waals surface area contributed by atoms with Crippen LogP contribution in [0.1, 0.15) is 29.3 Å². The number of benzene rings is 1. The Morgan fingerprint density at radius 2 is 1.94 bits per heavy atom. The monoisotopic (exact) mass is 236 g/mol. The summed E-state index contributed by atoms with van der Waals surface area (Å²) in [7, 11) is 1.22. The molecule has 92 valence electrons. The molecule has 0 spiro atoms. The third-order valence-electron chi connectivity index (χ3n) is 2.48. The van der Waals surface area contributed by atoms with Crippen LogP contribution in [-0.2, 0) is 9.47 Å². The number of ketones is 1. The van der Waals surface area contributed by atoms with Crippen LogP contribution < -0.4 is 0 Å². The normalized spacial score (nSPS) is 11.7. The van der Waals surface area contributed by atoms with Crippen molar-refractivity contribution in [2.75, 3.05) is 7.11 Å². The Morgan fingerprint density at radius 3 is 2.47 bits per heavy atom. The van der Waals surface area contributed by atoms with Crippen LogP contribution in [0.3, 0.4) is 0 Å². The maximum absolute atomic E-state index is 12.1. The Labute approximate surface area is 101 Å². The van der Waals surface area contributed by atoms with Gasteiger partial charge in [-0.25, -0.2) is 4.79 Å². The smallest absolute Gasteiger partial charge is 0.438 e. The zero-order valence-corrected chi connectivity index (χ0v) is 10.2. The predicted molar refractivity (Wildman–Crippen MR) is 63.1 cm³/mol. The maximum atomic E-state index is 12.1. The van der Waals surface area contributed by atoms with Gasteiger partial charge >= 0.3 is 6.16 Å². The van der Waals surface area contributed by atoms with Crippen molar-refractivity contribution in [2.24, 2.45) is 0 Å². The molecule has 1 atom stereocenters. The van der Waals surface area contributed by atoms with E-state index < -0.39 is 12.3 Å². The molecule has 0 aromatic heterocycles. The summed E-state index contributed by atoms with van der Waals surface area (Å²) in [6, 6.07) is 7.21. The van der Waals surface area contributed by atoms with Crippen molar-refractivity contribution in [3.05, 3.63) is 35.4 Å². The molecule has 4 heteroatoms. The molecule has 0 bridgehead atoms. The molecule has 0 saturated carbocycles. The fourth-order valence-corrected chi connectivity index (χ4v) is 1.51. The van der Waals surface area contributed by atoms with Crippen LogP contribution >= 0.6 is 0 Å². The van der Waals surface area contributed by atoms with Gasteiger partial charge in [0, 0.05) is 5.56 Å². The zero-order valence-electron chi connectivity index (χ0n) is 10.2. The molecule has 0 N–H and O–H groups in total. The van der Waals surface area contributed by atoms with Crippen LogP contribution in [0.4, 0.5) is 4.79 Å². The third kappa shape index (κ3) is 3.31. The largest absolute Gasteiger partial charge is 0.508 e. The van der Waals surface area contributed by atoms with Crippen LogP contribution in [0.5, 0.6) is 0 Å². The topological polar surface area (TPSA) is 52.6 Å². The van der Waals surface area contributed by atoms with Gasteiger partial charge in [0.25, 0.3) is 0 Å². The average Bonchev–Trinajstić information content (AvgIpc) is 2.35. The Bertz CT molecular complexity index is 412. The number of aryl methyl sites for hydroxylation is 1. The van der Waals surface area contributed by atoms with Crippen molar-refractivity contribution in [3.8, 4) is 0 Å². The van der Waals surface area contributed by atoms with E-state index in [1.165, 1.54) is 7.11 Å². The number of carbonyl (C=O) groups is 2. The van der Waals surface area contributed by atoms with Crippen LogP contribution in [0.2, 0.25) is 0 Å². The molecule has 0 fully saturated rings. The van der Waals surface area contributed by atoms with Gasteiger partial charge in [-0.05, 0) is 18.9 Å². The van der Waals surface area contributed by atoms with Crippen molar-refractivity contribution in [3.63, 3.8) is 0 Å². The van der Waals surface area contributed by atoms with E-state index >= 15 is 0 Å². The lowest BCUT2D eigenvalue weighted by Gasteiger charge is -2.15. The molecule has 1 aromatic rings. The van der Waals surface area contributed by atoms with Gasteiger partial charge in [0.1, 0.15) is 0 Å². The van der Waals surface area contributed by atoms with Gasteiger partial charge in [0.2, 0.25) is 5.78 Å². The van der Waals surface area contributed by atoms with Gasteiger partial charge in [0.15, 0.2) is 6.10 Å². The number of carbonyl (C=O) groups excluding carboxylic acids is 2. The SMILES string of the molecule is CCC(OC(=O)OC)C(=O)c1ccccc1C. The van der Waals surface area contributed by atoms with Crippen molar-refractivity contribution in [2.45, 2.75) is 26.4 Å². The van der Waals surface area contributed by atoms with E-state index in [2.05, 4.69) is 4.74 Å². The quantitative estimate of drug-likeness (QED) is 0.595. The lowest BCUT2D eigenvalue weighted by atomic mass is 10.00. The highest BCUT2D eigenvalue weighted by molar-refractivity contribution is 6.01. The van der Waals surface area contributed by atoms with Crippen LogP contribution in [0.15, 0.2) is 24.3 Å². The summed E-state index contributed by atoms with van der Waals surface area (Å²) < 4.78 is 9.29. The van der Waals surface area contributed by atoms with E-state index in [1.807, 2.05) is 19.1 Å². The Kier molecular flexibility index (Phi) is 4.69. The van der Waals surface area contributed by atoms with Crippen molar-refractivity contribution in [1.82, 2.24) is 0 Å². The van der Waals surface area contributed by atoms with Gasteiger partial charge in [-0.15, -0.1) is 0 Å². The fourth-order valence-electron chi connectivity index (χ4n) is 1.51. The highest BCUT2D eigenvalue weighted by Gasteiger charge is 2.23. The van der Waals surface area contributed by atoms with Gasteiger partial charge in [-0.1, -0.05) is 31.2 Å². The first-order valence-corrected chi connectivity index (χ1v) is 5.44. The van der Waals surface area contributed by atoms with Gasteiger partial charge in [-0.3, -0.25) is 4.79 Å². The molecule has 1 rings (SSSR count). The molecule has 0 amide bonds. The summed E-state index contributed by atoms with van der Waals surface area (Å²) in [6.07, 6.45) is -1.20. The second kappa shape index (κ2) is 6.03. The second-order valence-electron chi connectivity index (χ2n) is 3.65. The number of Topliss-reactive ketones (excluding diaryl/α,β-unsaturated/α-hetero) is 1. The molecular formula is C13H16O4. The van der Waals surface area contributed by atoms with E-state index in [1.54, 1.807) is 19.1 Å². The summed E-state index contributed by atoms with van der Waals surface area (Å²) in [5.41, 5.74) is 1.44. The lowest BCUT2D eigenvalue weighted by Crippen LogP contribution is -2.27. The number of ether oxygens (including phenoxy) is 2. The summed E-state index contributed by atoms with van der Waals surface area (Å²) in [5, 5.41) is 0. The van der Waals surface area contributed by atoms with Crippen molar-refractivity contribution >= 4 is 11.9 Å². The molecule has 0 radical (unpaired) electrons. The number of methoxy groups -OCH3 is 1. The van der Waals surface area contributed by atoms with Gasteiger partial charge in [0.05, 0.1) is 7.11 Å². The lowest BCUT2D eigenvalue weighted by molar-refractivity contribution is 0.0318. The molecule has 0 aliphatic heterocycles. The molecule has 0 saturated heterocycles. The molecule has 4 nitrogen and oxygen atoms in total. The van der Waals surface area contributed by atoms with Crippen molar-refractivity contribution < 1.29 is 19.1 Å². The minimum absolute atomic E-state index is 0.198. The van der Waals surface area contributed by atoms with Gasteiger partial charge < -0.3 is 9.47 Å². The van der Waals surface area contributed by atoms with Gasteiger partial charge in [-0.2, -0.15) is 0 Å². The molecule has 0 heterocycles. The maximum Gasteiger partial charge on any atom is 0.508 e. The van der Waals surface area contributed by atoms with Crippen LogP contribution in [-0.4, -0.2) is 25.2 Å². The van der Waals surface area contributed by atoms with E-state index in [-0.39, 0.29) is 5.78 Å². The Hall–Kier alpha value is -1.84. The zero-order chi connectivity index (χ0) is 12.8. The fraction of sp³-hybridized carbons (Fsp3) is 0.385. The summed E-state index contributed by atoms with van der Waals surface area (Å²) in [4.78, 5) is 23.1. The summed E-state index contributed by atoms with van der Waals surface area (Å²) >= 11 is 0. The third-order valence-corrected chi connectivity index (χ3v) is 2.48. The second-order valence-corrected chi connectivity index (χ2v) is 3.65. The van der Waals surface area contributed by atoms with E-state index in [4.69, 9.17) is 4.74 Å². The van der Waals surface area contributed by atoms with Crippen LogP contribution in [0, 0.1) is 6.92 Å². The first kappa shape index (κ1) is 13.2. The first-order valence-electron chi connectivity index (χ1n) is 5.44. The Balaban J connectivity index is 2.87. The molecule has 17 heavy (non-hydrogen) atoms. The molecule has 0 aliphatic rings. The minimum Gasteiger partial charge on any atom is -0.438 e. The highest BCUT2D eigenvalue weighted by atomic mass is 16.7. The van der Waals surface area contributed by atoms with E-state index in [0.29, 0.717) is 12.0 Å². The summed E-state index contributed by atoms with van der Waals surface area (Å²) in [6.45, 7) is 3.63. The Morgan fingerprint density at radius 1 is 1.29 bits per heavy atom. The highest BCUT2D eigenvalue weighted by Crippen LogP contribution is 2.14. The standard InChI is InChI=1S/C13H16O4/c1-4-11(17-13(15)16-3)12(14)10-8-6-5-7-9(10)2/h5-8,11H,4H2,1-3H3. The van der Waals surface area contributed by atoms with Crippen LogP contribution in [0.25, 0.3) is 0 Å². The number of hydrogen-bond donors (Lipinski definition) is 0. The molecule has 1 aromatic carbocycles. The summed E-state index contributed by atoms with van der Waals surface area (Å²) in [5.74, 6) is -0.198. The van der Waals surface area contributed by atoms with E-state index in [9.17, 15) is 9.59 Å². The average molecular weight is 236 g/mol. The number of hydrogen-bond acceptors (Lipinski definition) is 4. The molecule has 1 unspecified atom stereocenters. The minimum atomic E-state index is -0.834. The molecule has 0 aliphatic carbocycles.